The first-order chi connectivity index (χ1) is 9.99. The number of nitrogens with zero attached hydrogens (tertiary/aromatic N) is 1. The number of hydrogen-bond donors (Lipinski definition) is 1. The maximum Gasteiger partial charge on any atom is 0.222 e. The number of halogens is 2. The van der Waals surface area contributed by atoms with Gasteiger partial charge in [0.2, 0.25) is 5.91 Å². The Morgan fingerprint density at radius 2 is 2.24 bits per heavy atom. The van der Waals surface area contributed by atoms with Crippen molar-refractivity contribution < 1.29 is 13.6 Å². The molecule has 1 saturated heterocycles. The number of rotatable bonds is 4. The second-order valence-corrected chi connectivity index (χ2v) is 5.81. The largest absolute Gasteiger partial charge is 0.342 e. The Bertz CT molecular complexity index is 505. The van der Waals surface area contributed by atoms with E-state index in [0.717, 1.165) is 25.5 Å². The molecule has 1 aliphatic rings. The molecule has 3 nitrogen and oxygen atoms in total. The average molecular weight is 296 g/mol. The molecule has 116 valence electrons. The summed E-state index contributed by atoms with van der Waals surface area (Å²) in [5.41, 5.74) is 6.16. The van der Waals surface area contributed by atoms with Gasteiger partial charge in [0.25, 0.3) is 0 Å². The molecule has 2 rings (SSSR count). The standard InChI is InChI=1S/C16H22F2N2O/c1-11(19)13-5-3-9-20(10-13)15(21)8-7-12-4-2-6-14(17)16(12)18/h2,4,6,11,13H,3,5,7-10,19H2,1H3/t11-,13+/m0/s1. The Hall–Kier alpha value is -1.49. The van der Waals surface area contributed by atoms with Crippen molar-refractivity contribution in [2.24, 2.45) is 11.7 Å². The lowest BCUT2D eigenvalue weighted by molar-refractivity contribution is -0.133. The van der Waals surface area contributed by atoms with Gasteiger partial charge in [0.05, 0.1) is 0 Å². The van der Waals surface area contributed by atoms with Crippen LogP contribution in [0, 0.1) is 17.6 Å². The molecule has 5 heteroatoms. The Morgan fingerprint density at radius 1 is 1.48 bits per heavy atom. The fourth-order valence-electron chi connectivity index (χ4n) is 2.81. The number of benzene rings is 1. The van der Waals surface area contributed by atoms with Crippen LogP contribution in [0.1, 0.15) is 31.7 Å². The van der Waals surface area contributed by atoms with Crippen LogP contribution in [0.25, 0.3) is 0 Å². The molecule has 0 bridgehead atoms. The number of hydrogen-bond acceptors (Lipinski definition) is 2. The van der Waals surface area contributed by atoms with Gasteiger partial charge in [-0.1, -0.05) is 12.1 Å². The minimum absolute atomic E-state index is 0.0102. The van der Waals surface area contributed by atoms with Crippen LogP contribution in [0.5, 0.6) is 0 Å². The molecule has 0 spiro atoms. The topological polar surface area (TPSA) is 46.3 Å². The Balaban J connectivity index is 1.91. The van der Waals surface area contributed by atoms with Crippen LogP contribution in [0.2, 0.25) is 0 Å². The van der Waals surface area contributed by atoms with Crippen molar-refractivity contribution in [3.05, 3.63) is 35.4 Å². The zero-order valence-electron chi connectivity index (χ0n) is 12.3. The van der Waals surface area contributed by atoms with Gasteiger partial charge >= 0.3 is 0 Å². The molecule has 2 atom stereocenters. The van der Waals surface area contributed by atoms with Crippen molar-refractivity contribution >= 4 is 5.91 Å². The highest BCUT2D eigenvalue weighted by molar-refractivity contribution is 5.76. The van der Waals surface area contributed by atoms with Crippen LogP contribution in [-0.4, -0.2) is 29.9 Å². The van der Waals surface area contributed by atoms with E-state index in [1.54, 1.807) is 4.90 Å². The van der Waals surface area contributed by atoms with Gasteiger partial charge < -0.3 is 10.6 Å². The molecule has 21 heavy (non-hydrogen) atoms. The SMILES string of the molecule is C[C@H](N)[C@@H]1CCCN(C(=O)CCc2cccc(F)c2F)C1. The first-order valence-corrected chi connectivity index (χ1v) is 7.45. The van der Waals surface area contributed by atoms with Crippen LogP contribution in [-0.2, 0) is 11.2 Å². The molecular weight excluding hydrogens is 274 g/mol. The third-order valence-corrected chi connectivity index (χ3v) is 4.19. The predicted molar refractivity (Wildman–Crippen MR) is 77.6 cm³/mol. The predicted octanol–water partition coefficient (Wildman–Crippen LogP) is 2.48. The molecule has 0 unspecified atom stereocenters. The minimum atomic E-state index is -0.866. The molecule has 1 fully saturated rings. The summed E-state index contributed by atoms with van der Waals surface area (Å²) in [5.74, 6) is -1.40. The summed E-state index contributed by atoms with van der Waals surface area (Å²) in [6.45, 7) is 3.36. The molecule has 1 amide bonds. The molecule has 1 aliphatic heterocycles. The van der Waals surface area contributed by atoms with Gasteiger partial charge in [-0.25, -0.2) is 8.78 Å². The normalized spacial score (nSPS) is 20.4. The van der Waals surface area contributed by atoms with E-state index in [4.69, 9.17) is 5.73 Å². The zero-order chi connectivity index (χ0) is 15.4. The molecule has 0 aromatic heterocycles. The molecule has 1 heterocycles. The Morgan fingerprint density at radius 3 is 2.95 bits per heavy atom. The molecule has 0 saturated carbocycles. The van der Waals surface area contributed by atoms with Crippen molar-refractivity contribution in [2.45, 2.75) is 38.6 Å². The van der Waals surface area contributed by atoms with Crippen LogP contribution >= 0.6 is 0 Å². The lowest BCUT2D eigenvalue weighted by Crippen LogP contribution is -2.45. The van der Waals surface area contributed by atoms with E-state index in [1.165, 1.54) is 12.1 Å². The second kappa shape index (κ2) is 6.98. The quantitative estimate of drug-likeness (QED) is 0.928. The third-order valence-electron chi connectivity index (χ3n) is 4.19. The molecule has 0 aliphatic carbocycles. The van der Waals surface area contributed by atoms with E-state index in [9.17, 15) is 13.6 Å². The molecule has 1 aromatic carbocycles. The van der Waals surface area contributed by atoms with Gasteiger partial charge in [0.15, 0.2) is 11.6 Å². The summed E-state index contributed by atoms with van der Waals surface area (Å²) in [4.78, 5) is 14.0. The monoisotopic (exact) mass is 296 g/mol. The smallest absolute Gasteiger partial charge is 0.222 e. The van der Waals surface area contributed by atoms with Crippen LogP contribution in [0.4, 0.5) is 8.78 Å². The number of likely N-dealkylation sites (tertiary alicyclic amines) is 1. The van der Waals surface area contributed by atoms with Crippen LogP contribution < -0.4 is 5.73 Å². The number of carbonyl (C=O) groups excluding carboxylic acids is 1. The number of carbonyl (C=O) groups is 1. The number of piperidine rings is 1. The van der Waals surface area contributed by atoms with Gasteiger partial charge in [0, 0.05) is 25.6 Å². The second-order valence-electron chi connectivity index (χ2n) is 5.81. The number of aryl methyl sites for hydroxylation is 1. The third kappa shape index (κ3) is 4.00. The fraction of sp³-hybridized carbons (Fsp3) is 0.562. The highest BCUT2D eigenvalue weighted by Crippen LogP contribution is 2.20. The van der Waals surface area contributed by atoms with E-state index >= 15 is 0 Å². The summed E-state index contributed by atoms with van der Waals surface area (Å²) in [6, 6.07) is 4.14. The summed E-state index contributed by atoms with van der Waals surface area (Å²) in [6.07, 6.45) is 2.42. The lowest BCUT2D eigenvalue weighted by Gasteiger charge is -2.34. The van der Waals surface area contributed by atoms with E-state index in [1.807, 2.05) is 6.92 Å². The average Bonchev–Trinajstić information content (AvgIpc) is 2.48. The van der Waals surface area contributed by atoms with Gasteiger partial charge in [-0.05, 0) is 43.7 Å². The Kier molecular flexibility index (Phi) is 5.28. The van der Waals surface area contributed by atoms with Crippen molar-refractivity contribution in [3.63, 3.8) is 0 Å². The summed E-state index contributed by atoms with van der Waals surface area (Å²) >= 11 is 0. The molecule has 1 aromatic rings. The molecule has 2 N–H and O–H groups in total. The van der Waals surface area contributed by atoms with E-state index in [2.05, 4.69) is 0 Å². The van der Waals surface area contributed by atoms with Crippen LogP contribution in [0.15, 0.2) is 18.2 Å². The van der Waals surface area contributed by atoms with Crippen molar-refractivity contribution in [1.82, 2.24) is 4.90 Å². The van der Waals surface area contributed by atoms with Gasteiger partial charge in [-0.2, -0.15) is 0 Å². The summed E-state index contributed by atoms with van der Waals surface area (Å²) in [7, 11) is 0. The Labute approximate surface area is 124 Å². The highest BCUT2D eigenvalue weighted by atomic mass is 19.2. The molecule has 0 radical (unpaired) electrons. The van der Waals surface area contributed by atoms with Gasteiger partial charge in [-0.15, -0.1) is 0 Å². The fourth-order valence-corrected chi connectivity index (χ4v) is 2.81. The maximum absolute atomic E-state index is 13.5. The summed E-state index contributed by atoms with van der Waals surface area (Å²) < 4.78 is 26.7. The first-order valence-electron chi connectivity index (χ1n) is 7.45. The number of nitrogens with two attached hydrogens (primary N) is 1. The van der Waals surface area contributed by atoms with E-state index in [0.29, 0.717) is 12.5 Å². The lowest BCUT2D eigenvalue weighted by atomic mass is 9.92. The molecular formula is C16H22F2N2O. The van der Waals surface area contributed by atoms with Crippen LogP contribution in [0.3, 0.4) is 0 Å². The zero-order valence-corrected chi connectivity index (χ0v) is 12.3. The number of amides is 1. The highest BCUT2D eigenvalue weighted by Gasteiger charge is 2.25. The van der Waals surface area contributed by atoms with Crippen molar-refractivity contribution in [1.29, 1.82) is 0 Å². The van der Waals surface area contributed by atoms with E-state index < -0.39 is 11.6 Å². The summed E-state index contributed by atoms with van der Waals surface area (Å²) in [5, 5.41) is 0. The van der Waals surface area contributed by atoms with Crippen molar-refractivity contribution in [3.8, 4) is 0 Å². The van der Waals surface area contributed by atoms with Gasteiger partial charge in [-0.3, -0.25) is 4.79 Å². The maximum atomic E-state index is 13.5. The van der Waals surface area contributed by atoms with E-state index in [-0.39, 0.29) is 30.4 Å². The van der Waals surface area contributed by atoms with Gasteiger partial charge in [0.1, 0.15) is 0 Å². The minimum Gasteiger partial charge on any atom is -0.342 e. The first kappa shape index (κ1) is 15.9. The van der Waals surface area contributed by atoms with Crippen molar-refractivity contribution in [2.75, 3.05) is 13.1 Å².